The van der Waals surface area contributed by atoms with Crippen molar-refractivity contribution in [2.24, 2.45) is 23.2 Å². The first-order valence-corrected chi connectivity index (χ1v) is 7.25. The minimum Gasteiger partial charge on any atom is -0.550 e. The van der Waals surface area contributed by atoms with Gasteiger partial charge in [-0.05, 0) is 23.8 Å². The highest BCUT2D eigenvalue weighted by Crippen LogP contribution is 2.55. The van der Waals surface area contributed by atoms with E-state index < -0.39 is 17.3 Å². The van der Waals surface area contributed by atoms with Gasteiger partial charge in [0.2, 0.25) is 5.91 Å². The van der Waals surface area contributed by atoms with Gasteiger partial charge in [0.05, 0.1) is 5.92 Å². The molecule has 21 heavy (non-hydrogen) atoms. The summed E-state index contributed by atoms with van der Waals surface area (Å²) in [6.07, 6.45) is 4.62. The van der Waals surface area contributed by atoms with Crippen molar-refractivity contribution in [3.05, 3.63) is 48.0 Å². The molecule has 0 aromatic heterocycles. The first-order chi connectivity index (χ1) is 10.0. The number of benzene rings is 1. The number of rotatable bonds is 4. The molecule has 2 aliphatic carbocycles. The molecule has 4 atom stereocenters. The number of aliphatic carboxylic acids is 1. The molecule has 4 heteroatoms. The first kappa shape index (κ1) is 13.9. The number of carboxylic acids is 1. The summed E-state index contributed by atoms with van der Waals surface area (Å²) in [5, 5.41) is 14.4. The van der Waals surface area contributed by atoms with Crippen LogP contribution in [0.1, 0.15) is 18.9 Å². The molecule has 1 N–H and O–H groups in total. The van der Waals surface area contributed by atoms with Crippen LogP contribution >= 0.6 is 0 Å². The second-order valence-corrected chi connectivity index (χ2v) is 6.14. The molecular weight excluding hydrogens is 266 g/mol. The number of carbonyl (C=O) groups is 2. The van der Waals surface area contributed by atoms with Crippen molar-refractivity contribution in [3.63, 3.8) is 0 Å². The van der Waals surface area contributed by atoms with Crippen LogP contribution < -0.4 is 10.4 Å². The topological polar surface area (TPSA) is 69.2 Å². The van der Waals surface area contributed by atoms with E-state index in [0.29, 0.717) is 6.54 Å². The number of nitrogens with one attached hydrogen (secondary N) is 1. The summed E-state index contributed by atoms with van der Waals surface area (Å²) >= 11 is 0. The van der Waals surface area contributed by atoms with Crippen LogP contribution in [0.3, 0.4) is 0 Å². The van der Waals surface area contributed by atoms with Gasteiger partial charge in [-0.3, -0.25) is 4.79 Å². The average Bonchev–Trinajstić information content (AvgIpc) is 3.05. The maximum absolute atomic E-state index is 12.5. The number of amides is 1. The Kier molecular flexibility index (Phi) is 3.32. The van der Waals surface area contributed by atoms with Crippen LogP contribution in [0.5, 0.6) is 0 Å². The molecule has 1 amide bonds. The second-order valence-electron chi connectivity index (χ2n) is 6.14. The smallest absolute Gasteiger partial charge is 0.224 e. The predicted molar refractivity (Wildman–Crippen MR) is 75.6 cm³/mol. The minimum absolute atomic E-state index is 0.00803. The number of hydrogen-bond donors (Lipinski definition) is 1. The molecule has 0 aliphatic heterocycles. The van der Waals surface area contributed by atoms with Crippen molar-refractivity contribution >= 4 is 11.9 Å². The molecule has 1 aromatic carbocycles. The largest absolute Gasteiger partial charge is 0.550 e. The van der Waals surface area contributed by atoms with Gasteiger partial charge in [0, 0.05) is 17.9 Å². The summed E-state index contributed by atoms with van der Waals surface area (Å²) in [6.45, 7) is 2.06. The lowest BCUT2D eigenvalue weighted by atomic mass is 9.69. The third-order valence-corrected chi connectivity index (χ3v) is 4.99. The number of carboxylic acid groups (broad SMARTS) is 1. The molecule has 110 valence electrons. The van der Waals surface area contributed by atoms with Gasteiger partial charge in [-0.1, -0.05) is 49.4 Å². The Labute approximate surface area is 123 Å². The van der Waals surface area contributed by atoms with Crippen LogP contribution in [0, 0.1) is 23.2 Å². The van der Waals surface area contributed by atoms with Crippen molar-refractivity contribution < 1.29 is 14.7 Å². The summed E-state index contributed by atoms with van der Waals surface area (Å²) in [4.78, 5) is 24.1. The molecule has 1 saturated carbocycles. The normalized spacial score (nSPS) is 33.1. The van der Waals surface area contributed by atoms with Crippen LogP contribution in [0.4, 0.5) is 0 Å². The summed E-state index contributed by atoms with van der Waals surface area (Å²) in [6, 6.07) is 9.59. The third-order valence-electron chi connectivity index (χ3n) is 4.99. The van der Waals surface area contributed by atoms with Gasteiger partial charge in [-0.15, -0.1) is 0 Å². The maximum atomic E-state index is 12.5. The molecule has 1 aromatic rings. The van der Waals surface area contributed by atoms with Gasteiger partial charge in [0.1, 0.15) is 0 Å². The van der Waals surface area contributed by atoms with E-state index in [0.717, 1.165) is 12.0 Å². The van der Waals surface area contributed by atoms with Gasteiger partial charge in [-0.2, -0.15) is 0 Å². The molecular formula is C17H18NO3-. The zero-order valence-electron chi connectivity index (χ0n) is 11.9. The highest BCUT2D eigenvalue weighted by atomic mass is 16.4. The van der Waals surface area contributed by atoms with Crippen molar-refractivity contribution in [2.45, 2.75) is 19.9 Å². The van der Waals surface area contributed by atoms with Crippen molar-refractivity contribution in [1.29, 1.82) is 0 Å². The highest BCUT2D eigenvalue weighted by molar-refractivity contribution is 5.88. The lowest BCUT2D eigenvalue weighted by Crippen LogP contribution is -2.52. The lowest BCUT2D eigenvalue weighted by molar-refractivity contribution is -0.321. The number of allylic oxidation sites excluding steroid dienone is 2. The third kappa shape index (κ3) is 2.15. The van der Waals surface area contributed by atoms with Crippen LogP contribution in [0.25, 0.3) is 0 Å². The van der Waals surface area contributed by atoms with Crippen LogP contribution in [0.15, 0.2) is 42.5 Å². The Morgan fingerprint density at radius 2 is 2.00 bits per heavy atom. The van der Waals surface area contributed by atoms with Crippen molar-refractivity contribution in [3.8, 4) is 0 Å². The van der Waals surface area contributed by atoms with Crippen LogP contribution in [-0.2, 0) is 16.1 Å². The molecule has 1 fully saturated rings. The summed E-state index contributed by atoms with van der Waals surface area (Å²) < 4.78 is 0. The van der Waals surface area contributed by atoms with Gasteiger partial charge in [0.25, 0.3) is 0 Å². The zero-order valence-corrected chi connectivity index (χ0v) is 11.9. The van der Waals surface area contributed by atoms with E-state index in [1.165, 1.54) is 0 Å². The fourth-order valence-electron chi connectivity index (χ4n) is 3.73. The fraction of sp³-hybridized carbons (Fsp3) is 0.412. The van der Waals surface area contributed by atoms with E-state index in [9.17, 15) is 14.7 Å². The van der Waals surface area contributed by atoms with E-state index in [-0.39, 0.29) is 17.7 Å². The highest BCUT2D eigenvalue weighted by Gasteiger charge is 2.56. The summed E-state index contributed by atoms with van der Waals surface area (Å²) in [5.41, 5.74) is -0.0973. The summed E-state index contributed by atoms with van der Waals surface area (Å²) in [5.74, 6) is -1.95. The molecule has 3 rings (SSSR count). The molecule has 4 nitrogen and oxygen atoms in total. The zero-order chi connectivity index (χ0) is 15.0. The number of carbonyl (C=O) groups excluding carboxylic acids is 2. The SMILES string of the molecule is C[C@@]1(C(=O)[O-])[C@@H]2C=C[C@H](C2)[C@H]1C(=O)NCc1ccccc1. The molecule has 0 radical (unpaired) electrons. The van der Waals surface area contributed by atoms with Gasteiger partial charge in [-0.25, -0.2) is 0 Å². The van der Waals surface area contributed by atoms with E-state index in [1.54, 1.807) is 6.92 Å². The standard InChI is InChI=1S/C17H19NO3/c1-17(16(20)21)13-8-7-12(9-13)14(17)15(19)18-10-11-5-3-2-4-6-11/h2-8,12-14H,9-10H2,1H3,(H,18,19)(H,20,21)/p-1/t12-,13-,14+,17-/m1/s1. The maximum Gasteiger partial charge on any atom is 0.224 e. The van der Waals surface area contributed by atoms with Crippen LogP contribution in [-0.4, -0.2) is 11.9 Å². The Morgan fingerprint density at radius 3 is 2.67 bits per heavy atom. The first-order valence-electron chi connectivity index (χ1n) is 7.25. The van der Waals surface area contributed by atoms with E-state index in [2.05, 4.69) is 5.32 Å². The Hall–Kier alpha value is -2.10. The van der Waals surface area contributed by atoms with E-state index in [1.807, 2.05) is 42.5 Å². The van der Waals surface area contributed by atoms with Crippen molar-refractivity contribution in [2.75, 3.05) is 0 Å². The molecule has 0 heterocycles. The Morgan fingerprint density at radius 1 is 1.29 bits per heavy atom. The predicted octanol–water partition coefficient (Wildman–Crippen LogP) is 0.881. The quantitative estimate of drug-likeness (QED) is 0.835. The summed E-state index contributed by atoms with van der Waals surface area (Å²) in [7, 11) is 0. The Bertz CT molecular complexity index is 595. The Balaban J connectivity index is 1.75. The average molecular weight is 284 g/mol. The number of hydrogen-bond acceptors (Lipinski definition) is 3. The van der Waals surface area contributed by atoms with E-state index in [4.69, 9.17) is 0 Å². The molecule has 2 aliphatic rings. The fourth-order valence-corrected chi connectivity index (χ4v) is 3.73. The monoisotopic (exact) mass is 284 g/mol. The molecule has 0 unspecified atom stereocenters. The minimum atomic E-state index is -1.13. The lowest BCUT2D eigenvalue weighted by Gasteiger charge is -2.38. The van der Waals surface area contributed by atoms with Crippen molar-refractivity contribution in [1.82, 2.24) is 5.32 Å². The second kappa shape index (κ2) is 5.02. The van der Waals surface area contributed by atoms with Crippen LogP contribution in [0.2, 0.25) is 0 Å². The van der Waals surface area contributed by atoms with Gasteiger partial charge < -0.3 is 15.2 Å². The van der Waals surface area contributed by atoms with Gasteiger partial charge in [0.15, 0.2) is 0 Å². The molecule has 0 spiro atoms. The van der Waals surface area contributed by atoms with Gasteiger partial charge >= 0.3 is 0 Å². The van der Waals surface area contributed by atoms with E-state index >= 15 is 0 Å². The molecule has 0 saturated heterocycles. The molecule has 2 bridgehead atoms. The number of fused-ring (bicyclic) bond motifs is 2.